The molecular formula is C18H22N2O. The Kier molecular flexibility index (Phi) is 4.32. The van der Waals surface area contributed by atoms with Gasteiger partial charge in [0.05, 0.1) is 0 Å². The van der Waals surface area contributed by atoms with Gasteiger partial charge in [0.2, 0.25) is 5.91 Å². The van der Waals surface area contributed by atoms with E-state index in [9.17, 15) is 4.79 Å². The van der Waals surface area contributed by atoms with Gasteiger partial charge in [0.25, 0.3) is 0 Å². The van der Waals surface area contributed by atoms with Crippen LogP contribution in [0.25, 0.3) is 0 Å². The van der Waals surface area contributed by atoms with Crippen LogP contribution in [0.2, 0.25) is 0 Å². The average molecular weight is 282 g/mol. The molecule has 2 aromatic carbocycles. The highest BCUT2D eigenvalue weighted by molar-refractivity contribution is 5.85. The summed E-state index contributed by atoms with van der Waals surface area (Å²) in [7, 11) is 0. The highest BCUT2D eigenvalue weighted by atomic mass is 16.1. The second-order valence-electron chi connectivity index (χ2n) is 5.66. The van der Waals surface area contributed by atoms with Crippen molar-refractivity contribution in [3.05, 3.63) is 64.2 Å². The first kappa shape index (κ1) is 15.1. The van der Waals surface area contributed by atoms with Crippen LogP contribution >= 0.6 is 0 Å². The molecule has 3 nitrogen and oxygen atoms in total. The predicted molar refractivity (Wildman–Crippen MR) is 87.4 cm³/mol. The fourth-order valence-electron chi connectivity index (χ4n) is 2.83. The molecule has 0 radical (unpaired) electrons. The van der Waals surface area contributed by atoms with E-state index in [2.05, 4.69) is 24.4 Å². The van der Waals surface area contributed by atoms with Crippen LogP contribution in [0.3, 0.4) is 0 Å². The van der Waals surface area contributed by atoms with Gasteiger partial charge in [0.1, 0.15) is 6.04 Å². The van der Waals surface area contributed by atoms with Crippen molar-refractivity contribution >= 4 is 11.6 Å². The van der Waals surface area contributed by atoms with Gasteiger partial charge >= 0.3 is 0 Å². The second-order valence-corrected chi connectivity index (χ2v) is 5.66. The molecule has 0 aliphatic carbocycles. The van der Waals surface area contributed by atoms with Gasteiger partial charge in [-0.1, -0.05) is 29.8 Å². The molecule has 0 bridgehead atoms. The third-order valence-corrected chi connectivity index (χ3v) is 3.64. The van der Waals surface area contributed by atoms with Crippen LogP contribution in [0, 0.1) is 27.7 Å². The molecule has 0 saturated heterocycles. The Hall–Kier alpha value is -2.29. The fourth-order valence-corrected chi connectivity index (χ4v) is 2.83. The summed E-state index contributed by atoms with van der Waals surface area (Å²) in [4.78, 5) is 11.9. The predicted octanol–water partition coefficient (Wildman–Crippen LogP) is 3.56. The van der Waals surface area contributed by atoms with Crippen LogP contribution < -0.4 is 11.1 Å². The first-order valence-electron chi connectivity index (χ1n) is 7.08. The maximum absolute atomic E-state index is 11.9. The van der Waals surface area contributed by atoms with Gasteiger partial charge < -0.3 is 11.1 Å². The molecule has 1 atom stereocenters. The van der Waals surface area contributed by atoms with Crippen molar-refractivity contribution in [2.45, 2.75) is 33.7 Å². The first-order valence-corrected chi connectivity index (χ1v) is 7.08. The SMILES string of the molecule is Cc1cccc(NC(C(N)=O)c2c(C)cc(C)cc2C)c1. The van der Waals surface area contributed by atoms with E-state index in [4.69, 9.17) is 5.73 Å². The maximum Gasteiger partial charge on any atom is 0.244 e. The number of carbonyl (C=O) groups excluding carboxylic acids is 1. The number of nitrogens with two attached hydrogens (primary N) is 1. The molecule has 21 heavy (non-hydrogen) atoms. The van der Waals surface area contributed by atoms with Crippen LogP contribution in [-0.2, 0) is 4.79 Å². The Morgan fingerprint density at radius 1 is 1.00 bits per heavy atom. The van der Waals surface area contributed by atoms with E-state index < -0.39 is 6.04 Å². The molecule has 0 spiro atoms. The second kappa shape index (κ2) is 6.00. The van der Waals surface area contributed by atoms with E-state index in [1.54, 1.807) is 0 Å². The van der Waals surface area contributed by atoms with E-state index in [1.165, 1.54) is 5.56 Å². The number of rotatable bonds is 4. The van der Waals surface area contributed by atoms with Crippen molar-refractivity contribution in [3.8, 4) is 0 Å². The highest BCUT2D eigenvalue weighted by Crippen LogP contribution is 2.27. The average Bonchev–Trinajstić information content (AvgIpc) is 2.36. The summed E-state index contributed by atoms with van der Waals surface area (Å²) in [5, 5.41) is 3.26. The fraction of sp³-hybridized carbons (Fsp3) is 0.278. The van der Waals surface area contributed by atoms with Crippen molar-refractivity contribution in [2.75, 3.05) is 5.32 Å². The summed E-state index contributed by atoms with van der Waals surface area (Å²) in [6.07, 6.45) is 0. The normalized spacial score (nSPS) is 12.0. The van der Waals surface area contributed by atoms with Gasteiger partial charge in [-0.3, -0.25) is 4.79 Å². The molecule has 3 heteroatoms. The lowest BCUT2D eigenvalue weighted by Gasteiger charge is -2.22. The number of carbonyl (C=O) groups is 1. The zero-order valence-electron chi connectivity index (χ0n) is 13.0. The van der Waals surface area contributed by atoms with Crippen molar-refractivity contribution in [1.29, 1.82) is 0 Å². The largest absolute Gasteiger partial charge is 0.370 e. The van der Waals surface area contributed by atoms with Crippen LogP contribution in [0.15, 0.2) is 36.4 Å². The monoisotopic (exact) mass is 282 g/mol. The first-order chi connectivity index (χ1) is 9.88. The van der Waals surface area contributed by atoms with Crippen LogP contribution in [0.4, 0.5) is 5.69 Å². The molecule has 0 aromatic heterocycles. The number of nitrogens with one attached hydrogen (secondary N) is 1. The number of benzene rings is 2. The molecule has 3 N–H and O–H groups in total. The molecular weight excluding hydrogens is 260 g/mol. The van der Waals surface area contributed by atoms with E-state index in [0.717, 1.165) is 27.9 Å². The molecule has 2 rings (SSSR count). The van der Waals surface area contributed by atoms with Gasteiger partial charge in [-0.25, -0.2) is 0 Å². The molecule has 110 valence electrons. The minimum atomic E-state index is -0.521. The number of primary amides is 1. The van der Waals surface area contributed by atoms with Crippen molar-refractivity contribution in [2.24, 2.45) is 5.73 Å². The standard InChI is InChI=1S/C18H22N2O/c1-11-6-5-7-15(10-11)20-17(18(19)21)16-13(3)8-12(2)9-14(16)4/h5-10,17,20H,1-4H3,(H2,19,21). The Morgan fingerprint density at radius 2 is 1.62 bits per heavy atom. The number of anilines is 1. The molecule has 2 aromatic rings. The summed E-state index contributed by atoms with van der Waals surface area (Å²) >= 11 is 0. The van der Waals surface area contributed by atoms with Crippen LogP contribution in [0.1, 0.15) is 33.9 Å². The lowest BCUT2D eigenvalue weighted by molar-refractivity contribution is -0.118. The lowest BCUT2D eigenvalue weighted by Crippen LogP contribution is -2.29. The third kappa shape index (κ3) is 3.43. The zero-order valence-corrected chi connectivity index (χ0v) is 13.0. The van der Waals surface area contributed by atoms with Gasteiger partial charge in [0.15, 0.2) is 0 Å². The molecule has 0 saturated carbocycles. The van der Waals surface area contributed by atoms with Crippen molar-refractivity contribution < 1.29 is 4.79 Å². The van der Waals surface area contributed by atoms with Crippen LogP contribution in [-0.4, -0.2) is 5.91 Å². The van der Waals surface area contributed by atoms with Gasteiger partial charge in [-0.2, -0.15) is 0 Å². The van der Waals surface area contributed by atoms with E-state index in [1.807, 2.05) is 45.0 Å². The summed E-state index contributed by atoms with van der Waals surface area (Å²) in [6, 6.07) is 11.6. The smallest absolute Gasteiger partial charge is 0.244 e. The summed E-state index contributed by atoms with van der Waals surface area (Å²) in [5.74, 6) is -0.369. The number of aryl methyl sites for hydroxylation is 4. The number of hydrogen-bond donors (Lipinski definition) is 2. The highest BCUT2D eigenvalue weighted by Gasteiger charge is 2.21. The minimum absolute atomic E-state index is 0.369. The number of amides is 1. The van der Waals surface area contributed by atoms with Gasteiger partial charge in [-0.05, 0) is 62.1 Å². The Balaban J connectivity index is 2.43. The maximum atomic E-state index is 11.9. The molecule has 0 heterocycles. The van der Waals surface area contributed by atoms with Gasteiger partial charge in [-0.15, -0.1) is 0 Å². The topological polar surface area (TPSA) is 55.1 Å². The Morgan fingerprint density at radius 3 is 2.14 bits per heavy atom. The Labute approximate surface area is 126 Å². The zero-order chi connectivity index (χ0) is 15.6. The summed E-state index contributed by atoms with van der Waals surface area (Å²) in [6.45, 7) is 8.11. The number of hydrogen-bond acceptors (Lipinski definition) is 2. The molecule has 0 aliphatic heterocycles. The van der Waals surface area contributed by atoms with E-state index in [0.29, 0.717) is 0 Å². The molecule has 1 amide bonds. The van der Waals surface area contributed by atoms with E-state index in [-0.39, 0.29) is 5.91 Å². The molecule has 1 unspecified atom stereocenters. The van der Waals surface area contributed by atoms with E-state index >= 15 is 0 Å². The molecule has 0 fully saturated rings. The molecule has 0 aliphatic rings. The lowest BCUT2D eigenvalue weighted by atomic mass is 9.93. The third-order valence-electron chi connectivity index (χ3n) is 3.64. The quantitative estimate of drug-likeness (QED) is 0.901. The summed E-state index contributed by atoms with van der Waals surface area (Å²) < 4.78 is 0. The minimum Gasteiger partial charge on any atom is -0.370 e. The van der Waals surface area contributed by atoms with Crippen molar-refractivity contribution in [3.63, 3.8) is 0 Å². The van der Waals surface area contributed by atoms with Crippen molar-refractivity contribution in [1.82, 2.24) is 0 Å². The summed E-state index contributed by atoms with van der Waals surface area (Å²) in [5.41, 5.74) is 12.0. The van der Waals surface area contributed by atoms with Gasteiger partial charge in [0, 0.05) is 5.69 Å². The van der Waals surface area contributed by atoms with Crippen LogP contribution in [0.5, 0.6) is 0 Å². The Bertz CT molecular complexity index is 654.